The summed E-state index contributed by atoms with van der Waals surface area (Å²) < 4.78 is 0. The number of hydrogen-bond donors (Lipinski definition) is 2. The average Bonchev–Trinajstić information content (AvgIpc) is 2.49. The maximum atomic E-state index is 5.78. The van der Waals surface area contributed by atoms with Gasteiger partial charge in [-0.05, 0) is 39.2 Å². The van der Waals surface area contributed by atoms with Gasteiger partial charge in [-0.25, -0.2) is 0 Å². The van der Waals surface area contributed by atoms with Crippen LogP contribution in [-0.4, -0.2) is 64.2 Å². The zero-order valence-electron chi connectivity index (χ0n) is 17.2. The molecule has 0 amide bonds. The van der Waals surface area contributed by atoms with Gasteiger partial charge in [0.25, 0.3) is 0 Å². The second-order valence-corrected chi connectivity index (χ2v) is 8.74. The summed E-state index contributed by atoms with van der Waals surface area (Å²) in [5, 5.41) is 7.05. The quantitative estimate of drug-likeness (QED) is 0.490. The van der Waals surface area contributed by atoms with Crippen LogP contribution in [0.15, 0.2) is 17.0 Å². The van der Waals surface area contributed by atoms with Crippen molar-refractivity contribution in [1.82, 2.24) is 20.4 Å². The fraction of sp³-hybridized carbons (Fsp3) is 0.700. The van der Waals surface area contributed by atoms with E-state index in [4.69, 9.17) is 12.6 Å². The molecular weight excluding hydrogens is 328 g/mol. The van der Waals surface area contributed by atoms with Crippen LogP contribution in [0.1, 0.15) is 37.5 Å². The molecule has 0 heterocycles. The Morgan fingerprint density at radius 1 is 0.840 bits per heavy atom. The minimum Gasteiger partial charge on any atom is -0.779 e. The van der Waals surface area contributed by atoms with Gasteiger partial charge in [0.05, 0.1) is 0 Å². The molecule has 1 aromatic rings. The lowest BCUT2D eigenvalue weighted by molar-refractivity contribution is 0.398. The van der Waals surface area contributed by atoms with Crippen LogP contribution in [-0.2, 0) is 31.1 Å². The van der Waals surface area contributed by atoms with Crippen LogP contribution in [0.3, 0.4) is 0 Å². The highest BCUT2D eigenvalue weighted by molar-refractivity contribution is 7.59. The first-order valence-corrected chi connectivity index (χ1v) is 9.56. The number of likely N-dealkylation sites (N-methyl/N-ethyl adjacent to an activating group) is 2. The van der Waals surface area contributed by atoms with Gasteiger partial charge in [-0.15, -0.1) is 0 Å². The molecule has 144 valence electrons. The average molecular weight is 366 g/mol. The van der Waals surface area contributed by atoms with Crippen molar-refractivity contribution < 1.29 is 0 Å². The molecule has 0 fully saturated rings. The summed E-state index contributed by atoms with van der Waals surface area (Å²) >= 11 is 5.78. The summed E-state index contributed by atoms with van der Waals surface area (Å²) in [6.45, 7) is 12.5. The molecule has 0 aliphatic heterocycles. The van der Waals surface area contributed by atoms with Crippen molar-refractivity contribution in [2.45, 2.75) is 44.2 Å². The Kier molecular flexibility index (Phi) is 9.32. The van der Waals surface area contributed by atoms with E-state index in [-0.39, 0.29) is 5.41 Å². The van der Waals surface area contributed by atoms with Crippen LogP contribution in [0.4, 0.5) is 0 Å². The summed E-state index contributed by atoms with van der Waals surface area (Å²) in [5.41, 5.74) is 3.96. The molecule has 1 aromatic carbocycles. The van der Waals surface area contributed by atoms with Gasteiger partial charge in [0.2, 0.25) is 0 Å². The number of benzene rings is 1. The van der Waals surface area contributed by atoms with Crippen molar-refractivity contribution >= 4 is 12.6 Å². The summed E-state index contributed by atoms with van der Waals surface area (Å²) in [6, 6.07) is 4.57. The van der Waals surface area contributed by atoms with Crippen molar-refractivity contribution in [3.63, 3.8) is 0 Å². The summed E-state index contributed by atoms with van der Waals surface area (Å²) in [6.07, 6.45) is 0. The third-order valence-corrected chi connectivity index (χ3v) is 4.74. The van der Waals surface area contributed by atoms with E-state index in [2.05, 4.69) is 81.5 Å². The molecular formula is C20H37N4S-. The predicted molar refractivity (Wildman–Crippen MR) is 111 cm³/mol. The third kappa shape index (κ3) is 8.47. The predicted octanol–water partition coefficient (Wildman–Crippen LogP) is 2.19. The SMILES string of the molecule is CN(C)CCNCc1cc(C(C)(C)C)cc(CNCCN(C)C)c1[S-]. The van der Waals surface area contributed by atoms with Crippen molar-refractivity contribution in [2.24, 2.45) is 0 Å². The second-order valence-electron chi connectivity index (χ2n) is 8.33. The fourth-order valence-electron chi connectivity index (χ4n) is 2.50. The minimum absolute atomic E-state index is 0.125. The number of hydrogen-bond acceptors (Lipinski definition) is 5. The molecule has 0 unspecified atom stereocenters. The lowest BCUT2D eigenvalue weighted by atomic mass is 9.85. The molecule has 0 bridgehead atoms. The van der Waals surface area contributed by atoms with E-state index in [1.54, 1.807) is 0 Å². The van der Waals surface area contributed by atoms with Gasteiger partial charge in [-0.2, -0.15) is 4.90 Å². The van der Waals surface area contributed by atoms with E-state index in [0.29, 0.717) is 0 Å². The Bertz CT molecular complexity index is 484. The van der Waals surface area contributed by atoms with Gasteiger partial charge < -0.3 is 33.1 Å². The largest absolute Gasteiger partial charge is 0.779 e. The topological polar surface area (TPSA) is 30.5 Å². The van der Waals surface area contributed by atoms with E-state index >= 15 is 0 Å². The van der Waals surface area contributed by atoms with Gasteiger partial charge >= 0.3 is 0 Å². The standard InChI is InChI=1S/C20H38N4S/c1-20(2,3)18-12-16(14-21-8-10-23(4)5)19(25)17(13-18)15-22-9-11-24(6)7/h12-13,21-22,25H,8-11,14-15H2,1-7H3/p-1. The first kappa shape index (κ1) is 22.3. The molecule has 0 aliphatic carbocycles. The summed E-state index contributed by atoms with van der Waals surface area (Å²) in [4.78, 5) is 5.38. The first-order chi connectivity index (χ1) is 11.6. The Hall–Kier alpha value is -0.720. The molecule has 25 heavy (non-hydrogen) atoms. The second kappa shape index (κ2) is 10.4. The van der Waals surface area contributed by atoms with Crippen molar-refractivity contribution in [1.29, 1.82) is 0 Å². The minimum atomic E-state index is 0.125. The van der Waals surface area contributed by atoms with Crippen LogP contribution < -0.4 is 10.6 Å². The number of nitrogens with one attached hydrogen (secondary N) is 2. The fourth-order valence-corrected chi connectivity index (χ4v) is 2.76. The van der Waals surface area contributed by atoms with Gasteiger partial charge in [0, 0.05) is 39.3 Å². The highest BCUT2D eigenvalue weighted by Crippen LogP contribution is 2.27. The van der Waals surface area contributed by atoms with Gasteiger partial charge in [0.15, 0.2) is 0 Å². The summed E-state index contributed by atoms with van der Waals surface area (Å²) in [5.74, 6) is 0. The van der Waals surface area contributed by atoms with Crippen LogP contribution >= 0.6 is 0 Å². The third-order valence-electron chi connectivity index (χ3n) is 4.21. The Balaban J connectivity index is 2.85. The number of rotatable bonds is 10. The summed E-state index contributed by atoms with van der Waals surface area (Å²) in [7, 11) is 8.38. The Labute approximate surface area is 160 Å². The molecule has 4 nitrogen and oxygen atoms in total. The van der Waals surface area contributed by atoms with Crippen molar-refractivity contribution in [3.8, 4) is 0 Å². The maximum Gasteiger partial charge on any atom is 0.0191 e. The number of nitrogens with zero attached hydrogens (tertiary/aromatic N) is 2. The Morgan fingerprint density at radius 3 is 1.56 bits per heavy atom. The van der Waals surface area contributed by atoms with Crippen LogP contribution in [0.5, 0.6) is 0 Å². The highest BCUT2D eigenvalue weighted by Gasteiger charge is 2.15. The molecule has 0 atom stereocenters. The van der Waals surface area contributed by atoms with E-state index < -0.39 is 0 Å². The Morgan fingerprint density at radius 2 is 1.24 bits per heavy atom. The lowest BCUT2D eigenvalue weighted by Gasteiger charge is -2.27. The zero-order valence-corrected chi connectivity index (χ0v) is 18.0. The zero-order chi connectivity index (χ0) is 19.0. The molecule has 0 aliphatic rings. The molecule has 5 heteroatoms. The van der Waals surface area contributed by atoms with Gasteiger partial charge in [-0.3, -0.25) is 0 Å². The molecule has 0 saturated heterocycles. The maximum absolute atomic E-state index is 5.78. The van der Waals surface area contributed by atoms with E-state index in [1.165, 1.54) is 16.7 Å². The van der Waals surface area contributed by atoms with Crippen LogP contribution in [0.2, 0.25) is 0 Å². The van der Waals surface area contributed by atoms with Crippen molar-refractivity contribution in [3.05, 3.63) is 28.8 Å². The van der Waals surface area contributed by atoms with E-state index in [9.17, 15) is 0 Å². The van der Waals surface area contributed by atoms with Gasteiger partial charge in [-0.1, -0.05) is 44.0 Å². The van der Waals surface area contributed by atoms with E-state index in [1.807, 2.05) is 0 Å². The van der Waals surface area contributed by atoms with Crippen LogP contribution in [0.25, 0.3) is 0 Å². The first-order valence-electron chi connectivity index (χ1n) is 9.15. The highest BCUT2D eigenvalue weighted by atomic mass is 32.1. The smallest absolute Gasteiger partial charge is 0.0191 e. The molecule has 0 spiro atoms. The van der Waals surface area contributed by atoms with E-state index in [0.717, 1.165) is 44.2 Å². The van der Waals surface area contributed by atoms with Gasteiger partial charge in [0.1, 0.15) is 0 Å². The molecule has 2 N–H and O–H groups in total. The van der Waals surface area contributed by atoms with Crippen molar-refractivity contribution in [2.75, 3.05) is 54.4 Å². The monoisotopic (exact) mass is 365 g/mol. The van der Waals surface area contributed by atoms with Crippen LogP contribution in [0, 0.1) is 0 Å². The lowest BCUT2D eigenvalue weighted by Crippen LogP contribution is -2.28. The molecule has 0 saturated carbocycles. The molecule has 1 rings (SSSR count). The molecule has 0 aromatic heterocycles. The normalized spacial score (nSPS) is 12.4. The molecule has 0 radical (unpaired) electrons.